The van der Waals surface area contributed by atoms with Crippen LogP contribution in [0.1, 0.15) is 38.5 Å². The molecule has 0 aromatic heterocycles. The first-order valence-corrected chi connectivity index (χ1v) is 5.88. The van der Waals surface area contributed by atoms with E-state index in [1.165, 1.54) is 6.42 Å². The van der Waals surface area contributed by atoms with E-state index < -0.39 is 0 Å². The quantitative estimate of drug-likeness (QED) is 0.478. The van der Waals surface area contributed by atoms with Crippen molar-refractivity contribution in [2.24, 2.45) is 17.3 Å². The number of rotatable bonds is 1. The smallest absolute Gasteiger partial charge is 0.227 e. The summed E-state index contributed by atoms with van der Waals surface area (Å²) >= 11 is 5.77. The third kappa shape index (κ3) is 1.13. The van der Waals surface area contributed by atoms with Crippen LogP contribution in [0.15, 0.2) is 0 Å². The molecule has 0 spiro atoms. The molecule has 4 aliphatic carbocycles. The molecule has 2 atom stereocenters. The van der Waals surface area contributed by atoms with Crippen LogP contribution in [0.4, 0.5) is 0 Å². The largest absolute Gasteiger partial charge is 0.281 e. The van der Waals surface area contributed by atoms with Crippen LogP contribution in [0, 0.1) is 17.3 Å². The minimum absolute atomic E-state index is 0.0609. The minimum atomic E-state index is -0.236. The van der Waals surface area contributed by atoms with Crippen molar-refractivity contribution in [2.45, 2.75) is 43.8 Å². The van der Waals surface area contributed by atoms with E-state index in [2.05, 4.69) is 0 Å². The lowest BCUT2D eigenvalue weighted by Gasteiger charge is -2.60. The molecule has 0 N–H and O–H groups in total. The fourth-order valence-corrected chi connectivity index (χ4v) is 4.78. The molecule has 14 heavy (non-hydrogen) atoms. The van der Waals surface area contributed by atoms with Gasteiger partial charge >= 0.3 is 0 Å². The first kappa shape index (κ1) is 9.27. The Morgan fingerprint density at radius 2 is 1.79 bits per heavy atom. The summed E-state index contributed by atoms with van der Waals surface area (Å²) in [6.45, 7) is 0. The Morgan fingerprint density at radius 3 is 2.21 bits per heavy atom. The Morgan fingerprint density at radius 1 is 1.21 bits per heavy atom. The fraction of sp³-hybridized carbons (Fsp3) is 0.909. The van der Waals surface area contributed by atoms with Crippen LogP contribution in [-0.4, -0.2) is 13.1 Å². The summed E-state index contributed by atoms with van der Waals surface area (Å²) in [5, 5.41) is -0.185. The lowest BCUT2D eigenvalue weighted by atomic mass is 9.39. The van der Waals surface area contributed by atoms with E-state index in [-0.39, 0.29) is 16.0 Å². The van der Waals surface area contributed by atoms with E-state index >= 15 is 0 Å². The second-order valence-electron chi connectivity index (χ2n) is 5.88. The number of hydrogen-bond acceptors (Lipinski definition) is 1. The van der Waals surface area contributed by atoms with E-state index in [9.17, 15) is 4.79 Å². The van der Waals surface area contributed by atoms with Crippen molar-refractivity contribution in [2.75, 3.05) is 0 Å². The van der Waals surface area contributed by atoms with E-state index in [0.29, 0.717) is 11.8 Å². The summed E-state index contributed by atoms with van der Waals surface area (Å²) in [4.78, 5) is 11.5. The molecule has 2 unspecified atom stereocenters. The average Bonchev–Trinajstić information content (AvgIpc) is 1.98. The zero-order valence-corrected chi connectivity index (χ0v) is 9.02. The molecule has 0 aromatic carbocycles. The van der Waals surface area contributed by atoms with Crippen molar-refractivity contribution in [3.8, 4) is 0 Å². The van der Waals surface area contributed by atoms with Crippen molar-refractivity contribution in [1.82, 2.24) is 0 Å². The molecule has 0 heterocycles. The lowest BCUT2D eigenvalue weighted by molar-refractivity contribution is -0.133. The van der Waals surface area contributed by atoms with Gasteiger partial charge in [0.15, 0.2) is 0 Å². The van der Waals surface area contributed by atoms with Gasteiger partial charge in [-0.25, -0.2) is 0 Å². The molecular formula is C11H14BClO. The Kier molecular flexibility index (Phi) is 1.71. The normalized spacial score (nSPS) is 54.9. The van der Waals surface area contributed by atoms with Crippen molar-refractivity contribution < 1.29 is 4.79 Å². The van der Waals surface area contributed by atoms with Crippen molar-refractivity contribution >= 4 is 24.7 Å². The monoisotopic (exact) mass is 208 g/mol. The van der Waals surface area contributed by atoms with Crippen molar-refractivity contribution in [3.63, 3.8) is 0 Å². The first-order chi connectivity index (χ1) is 6.51. The van der Waals surface area contributed by atoms with E-state index in [1.807, 2.05) is 0 Å². The summed E-state index contributed by atoms with van der Waals surface area (Å²) < 4.78 is 0. The predicted molar refractivity (Wildman–Crippen MR) is 56.4 cm³/mol. The average molecular weight is 208 g/mol. The van der Waals surface area contributed by atoms with Gasteiger partial charge in [-0.05, 0) is 49.1 Å². The second-order valence-corrected chi connectivity index (χ2v) is 6.22. The number of halogens is 1. The van der Waals surface area contributed by atoms with Gasteiger partial charge < -0.3 is 0 Å². The van der Waals surface area contributed by atoms with Crippen LogP contribution < -0.4 is 0 Å². The molecule has 0 saturated heterocycles. The molecule has 0 aromatic rings. The van der Waals surface area contributed by atoms with Gasteiger partial charge in [-0.2, -0.15) is 0 Å². The standard InChI is InChI=1S/C11H14BClO/c12-11-4-7-1-8(5-11)3-10(2-7,6-11)9(13)14/h7-8H,1-6H2. The molecule has 3 heteroatoms. The summed E-state index contributed by atoms with van der Waals surface area (Å²) in [5.41, 5.74) is -0.236. The molecule has 4 fully saturated rings. The highest BCUT2D eigenvalue weighted by Crippen LogP contribution is 2.67. The van der Waals surface area contributed by atoms with Crippen LogP contribution in [0.5, 0.6) is 0 Å². The molecular weight excluding hydrogens is 194 g/mol. The van der Waals surface area contributed by atoms with Crippen LogP contribution in [0.2, 0.25) is 5.31 Å². The summed E-state index contributed by atoms with van der Waals surface area (Å²) in [6, 6.07) is 0. The van der Waals surface area contributed by atoms with Gasteiger partial charge in [-0.15, -0.1) is 0 Å². The first-order valence-electron chi connectivity index (χ1n) is 5.50. The zero-order valence-electron chi connectivity index (χ0n) is 8.26. The number of carbonyl (C=O) groups excluding carboxylic acids is 1. The summed E-state index contributed by atoms with van der Waals surface area (Å²) in [7, 11) is 6.33. The fourth-order valence-electron chi connectivity index (χ4n) is 4.56. The highest BCUT2D eigenvalue weighted by molar-refractivity contribution is 6.64. The van der Waals surface area contributed by atoms with Crippen molar-refractivity contribution in [3.05, 3.63) is 0 Å². The zero-order chi connectivity index (χ0) is 9.97. The highest BCUT2D eigenvalue weighted by Gasteiger charge is 2.57. The van der Waals surface area contributed by atoms with E-state index in [4.69, 9.17) is 19.4 Å². The second kappa shape index (κ2) is 2.58. The highest BCUT2D eigenvalue weighted by atomic mass is 35.5. The topological polar surface area (TPSA) is 17.1 Å². The van der Waals surface area contributed by atoms with Crippen molar-refractivity contribution in [1.29, 1.82) is 0 Å². The molecule has 2 radical (unpaired) electrons. The van der Waals surface area contributed by atoms with Gasteiger partial charge in [0, 0.05) is 5.41 Å². The maximum absolute atomic E-state index is 11.5. The molecule has 1 nitrogen and oxygen atoms in total. The van der Waals surface area contributed by atoms with Gasteiger partial charge in [0.2, 0.25) is 5.24 Å². The van der Waals surface area contributed by atoms with Gasteiger partial charge in [0.25, 0.3) is 0 Å². The van der Waals surface area contributed by atoms with Crippen LogP contribution in [0.3, 0.4) is 0 Å². The predicted octanol–water partition coefficient (Wildman–Crippen LogP) is 2.68. The molecule has 0 aliphatic heterocycles. The van der Waals surface area contributed by atoms with Gasteiger partial charge in [0.05, 0.1) is 7.85 Å². The van der Waals surface area contributed by atoms with Gasteiger partial charge in [0.1, 0.15) is 0 Å². The van der Waals surface area contributed by atoms with Crippen LogP contribution >= 0.6 is 11.6 Å². The number of carbonyl (C=O) groups is 1. The Bertz CT molecular complexity index is 288. The third-order valence-electron chi connectivity index (χ3n) is 4.52. The van der Waals surface area contributed by atoms with Crippen LogP contribution in [0.25, 0.3) is 0 Å². The maximum atomic E-state index is 11.5. The molecule has 4 aliphatic rings. The Balaban J connectivity index is 2.00. The van der Waals surface area contributed by atoms with E-state index in [0.717, 1.165) is 32.1 Å². The van der Waals surface area contributed by atoms with E-state index in [1.54, 1.807) is 0 Å². The SMILES string of the molecule is [B]C12CC3CC(C1)CC(C(=O)Cl)(C3)C2. The van der Waals surface area contributed by atoms with Gasteiger partial charge in [-0.1, -0.05) is 18.2 Å². The Labute approximate surface area is 91.0 Å². The third-order valence-corrected chi connectivity index (χ3v) is 4.92. The molecule has 74 valence electrons. The number of hydrogen-bond donors (Lipinski definition) is 0. The molecule has 4 rings (SSSR count). The summed E-state index contributed by atoms with van der Waals surface area (Å²) in [6.07, 6.45) is 6.38. The maximum Gasteiger partial charge on any atom is 0.227 e. The van der Waals surface area contributed by atoms with Gasteiger partial charge in [-0.3, -0.25) is 4.79 Å². The molecule has 0 amide bonds. The Hall–Kier alpha value is 0.0249. The summed E-state index contributed by atoms with van der Waals surface area (Å²) in [5.74, 6) is 1.34. The van der Waals surface area contributed by atoms with Crippen LogP contribution in [-0.2, 0) is 4.79 Å². The molecule has 4 saturated carbocycles. The minimum Gasteiger partial charge on any atom is -0.281 e. The lowest BCUT2D eigenvalue weighted by Crippen LogP contribution is -2.51. The molecule has 4 bridgehead atoms.